The van der Waals surface area contributed by atoms with Gasteiger partial charge in [-0.3, -0.25) is 4.79 Å². The average Bonchev–Trinajstić information content (AvgIpc) is 2.58. The van der Waals surface area contributed by atoms with Crippen LogP contribution >= 0.6 is 12.2 Å². The minimum absolute atomic E-state index is 0.0460. The van der Waals surface area contributed by atoms with Crippen LogP contribution in [0.5, 0.6) is 5.75 Å². The highest BCUT2D eigenvalue weighted by Crippen LogP contribution is 2.21. The van der Waals surface area contributed by atoms with E-state index in [0.29, 0.717) is 5.56 Å². The Morgan fingerprint density at radius 2 is 1.94 bits per heavy atom. The van der Waals surface area contributed by atoms with Crippen molar-refractivity contribution in [3.05, 3.63) is 29.8 Å². The first kappa shape index (κ1) is 11.7. The van der Waals surface area contributed by atoms with Crippen LogP contribution in [0.1, 0.15) is 11.6 Å². The highest BCUT2D eigenvalue weighted by molar-refractivity contribution is 7.80. The van der Waals surface area contributed by atoms with Gasteiger partial charge in [-0.05, 0) is 29.9 Å². The Morgan fingerprint density at radius 3 is 2.41 bits per heavy atom. The maximum Gasteiger partial charge on any atom is 0.387 e. The van der Waals surface area contributed by atoms with Crippen LogP contribution in [-0.2, 0) is 4.79 Å². The zero-order valence-corrected chi connectivity index (χ0v) is 9.26. The molecule has 0 radical (unpaired) electrons. The molecule has 1 amide bonds. The number of hydrogen-bond donors (Lipinski definition) is 2. The summed E-state index contributed by atoms with van der Waals surface area (Å²) in [4.78, 5) is 11.4. The predicted octanol–water partition coefficient (Wildman–Crippen LogP) is 1.33. The van der Waals surface area contributed by atoms with Crippen LogP contribution in [-0.4, -0.2) is 17.6 Å². The Hall–Kier alpha value is -1.76. The number of thiocarbonyl (C=S) groups is 1. The maximum atomic E-state index is 11.9. The molecule has 0 spiro atoms. The van der Waals surface area contributed by atoms with E-state index in [1.165, 1.54) is 24.3 Å². The number of benzene rings is 1. The summed E-state index contributed by atoms with van der Waals surface area (Å²) in [6, 6.07) is 5.23. The van der Waals surface area contributed by atoms with Crippen LogP contribution in [0.25, 0.3) is 0 Å². The van der Waals surface area contributed by atoms with Gasteiger partial charge >= 0.3 is 6.61 Å². The summed E-state index contributed by atoms with van der Waals surface area (Å²) in [5.74, 6) is -0.220. The van der Waals surface area contributed by atoms with Crippen molar-refractivity contribution < 1.29 is 18.3 Å². The molecule has 1 fully saturated rings. The SMILES string of the molecule is O=C1NC(=S)NC1c1ccc(OC(F)F)cc1. The van der Waals surface area contributed by atoms with Crippen LogP contribution < -0.4 is 15.4 Å². The van der Waals surface area contributed by atoms with Crippen LogP contribution in [0.4, 0.5) is 8.78 Å². The number of halogens is 2. The van der Waals surface area contributed by atoms with Crippen molar-refractivity contribution in [2.45, 2.75) is 12.7 Å². The average molecular weight is 258 g/mol. The largest absolute Gasteiger partial charge is 0.435 e. The molecule has 2 rings (SSSR count). The summed E-state index contributed by atoms with van der Waals surface area (Å²) < 4.78 is 28.0. The molecule has 0 aromatic heterocycles. The minimum atomic E-state index is -2.86. The van der Waals surface area contributed by atoms with Crippen LogP contribution in [0.2, 0.25) is 0 Å². The van der Waals surface area contributed by atoms with E-state index in [9.17, 15) is 13.6 Å². The number of carbonyl (C=O) groups is 1. The summed E-state index contributed by atoms with van der Waals surface area (Å²) in [6.07, 6.45) is 0. The minimum Gasteiger partial charge on any atom is -0.435 e. The standard InChI is InChI=1S/C10H8F2N2O2S/c11-9(12)16-6-3-1-5(2-4-6)7-8(15)14-10(17)13-7/h1-4,7,9H,(H2,13,14,15,17). The second kappa shape index (κ2) is 4.62. The van der Waals surface area contributed by atoms with Crippen molar-refractivity contribution in [1.82, 2.24) is 10.6 Å². The van der Waals surface area contributed by atoms with Gasteiger partial charge in [-0.15, -0.1) is 0 Å². The molecular formula is C10H8F2N2O2S. The number of nitrogens with one attached hydrogen (secondary N) is 2. The summed E-state index contributed by atoms with van der Waals surface area (Å²) in [5.41, 5.74) is 0.629. The third-order valence-electron chi connectivity index (χ3n) is 2.21. The molecule has 1 heterocycles. The molecule has 0 saturated carbocycles. The quantitative estimate of drug-likeness (QED) is 0.803. The van der Waals surface area contributed by atoms with E-state index in [-0.39, 0.29) is 16.8 Å². The van der Waals surface area contributed by atoms with Gasteiger partial charge in [0.1, 0.15) is 11.8 Å². The Labute approximate surface area is 101 Å². The zero-order valence-electron chi connectivity index (χ0n) is 8.44. The normalized spacial score (nSPS) is 19.1. The molecule has 1 saturated heterocycles. The van der Waals surface area contributed by atoms with E-state index in [1.54, 1.807) is 0 Å². The summed E-state index contributed by atoms with van der Waals surface area (Å²) >= 11 is 4.79. The van der Waals surface area contributed by atoms with E-state index in [1.807, 2.05) is 0 Å². The smallest absolute Gasteiger partial charge is 0.387 e. The first-order chi connectivity index (χ1) is 8.06. The van der Waals surface area contributed by atoms with Gasteiger partial charge in [-0.2, -0.15) is 8.78 Å². The summed E-state index contributed by atoms with van der Waals surface area (Å²) in [5, 5.41) is 5.46. The Balaban J connectivity index is 2.13. The Kier molecular flexibility index (Phi) is 3.19. The molecular weight excluding hydrogens is 250 g/mol. The maximum absolute atomic E-state index is 11.9. The lowest BCUT2D eigenvalue weighted by Crippen LogP contribution is -2.21. The van der Waals surface area contributed by atoms with Crippen molar-refractivity contribution in [2.24, 2.45) is 0 Å². The number of ether oxygens (including phenoxy) is 1. The van der Waals surface area contributed by atoms with Gasteiger partial charge in [0.25, 0.3) is 5.91 Å². The lowest BCUT2D eigenvalue weighted by molar-refractivity contribution is -0.120. The van der Waals surface area contributed by atoms with Crippen molar-refractivity contribution >= 4 is 23.2 Å². The molecule has 7 heteroatoms. The van der Waals surface area contributed by atoms with Gasteiger partial charge in [-0.1, -0.05) is 12.1 Å². The zero-order chi connectivity index (χ0) is 12.4. The summed E-state index contributed by atoms with van der Waals surface area (Å²) in [7, 11) is 0. The molecule has 0 bridgehead atoms. The molecule has 90 valence electrons. The number of hydrogen-bond acceptors (Lipinski definition) is 3. The molecule has 0 aliphatic carbocycles. The molecule has 1 unspecified atom stereocenters. The highest BCUT2D eigenvalue weighted by atomic mass is 32.1. The number of alkyl halides is 2. The van der Waals surface area contributed by atoms with Crippen molar-refractivity contribution in [3.63, 3.8) is 0 Å². The van der Waals surface area contributed by atoms with Gasteiger partial charge < -0.3 is 15.4 Å². The molecule has 1 aromatic rings. The van der Waals surface area contributed by atoms with Gasteiger partial charge in [0, 0.05) is 0 Å². The fraction of sp³-hybridized carbons (Fsp3) is 0.200. The number of rotatable bonds is 3. The first-order valence-corrected chi connectivity index (χ1v) is 5.13. The first-order valence-electron chi connectivity index (χ1n) is 4.72. The monoisotopic (exact) mass is 258 g/mol. The molecule has 1 atom stereocenters. The topological polar surface area (TPSA) is 50.4 Å². The third-order valence-corrected chi connectivity index (χ3v) is 2.43. The fourth-order valence-electron chi connectivity index (χ4n) is 1.49. The highest BCUT2D eigenvalue weighted by Gasteiger charge is 2.28. The molecule has 1 aliphatic rings. The van der Waals surface area contributed by atoms with Crippen molar-refractivity contribution in [2.75, 3.05) is 0 Å². The number of amides is 1. The predicted molar refractivity (Wildman–Crippen MR) is 59.7 cm³/mol. The van der Waals surface area contributed by atoms with E-state index in [4.69, 9.17) is 12.2 Å². The van der Waals surface area contributed by atoms with Gasteiger partial charge in [0.2, 0.25) is 0 Å². The van der Waals surface area contributed by atoms with Gasteiger partial charge in [-0.25, -0.2) is 0 Å². The van der Waals surface area contributed by atoms with Crippen molar-refractivity contribution in [3.8, 4) is 5.75 Å². The van der Waals surface area contributed by atoms with Gasteiger partial charge in [0.15, 0.2) is 5.11 Å². The summed E-state index contributed by atoms with van der Waals surface area (Å²) in [6.45, 7) is -2.86. The Bertz CT molecular complexity index is 450. The lowest BCUT2D eigenvalue weighted by Gasteiger charge is -2.09. The van der Waals surface area contributed by atoms with E-state index in [2.05, 4.69) is 15.4 Å². The molecule has 1 aromatic carbocycles. The second-order valence-electron chi connectivity index (χ2n) is 3.34. The molecule has 2 N–H and O–H groups in total. The third kappa shape index (κ3) is 2.68. The van der Waals surface area contributed by atoms with E-state index in [0.717, 1.165) is 0 Å². The van der Waals surface area contributed by atoms with Crippen LogP contribution in [0, 0.1) is 0 Å². The van der Waals surface area contributed by atoms with E-state index >= 15 is 0 Å². The number of carbonyl (C=O) groups excluding carboxylic acids is 1. The van der Waals surface area contributed by atoms with Crippen LogP contribution in [0.3, 0.4) is 0 Å². The Morgan fingerprint density at radius 1 is 1.29 bits per heavy atom. The van der Waals surface area contributed by atoms with Crippen LogP contribution in [0.15, 0.2) is 24.3 Å². The lowest BCUT2D eigenvalue weighted by atomic mass is 10.1. The van der Waals surface area contributed by atoms with E-state index < -0.39 is 12.7 Å². The molecule has 1 aliphatic heterocycles. The van der Waals surface area contributed by atoms with Crippen molar-refractivity contribution in [1.29, 1.82) is 0 Å². The van der Waals surface area contributed by atoms with Gasteiger partial charge in [0.05, 0.1) is 0 Å². The second-order valence-corrected chi connectivity index (χ2v) is 3.75. The fourth-order valence-corrected chi connectivity index (χ4v) is 1.71. The molecule has 17 heavy (non-hydrogen) atoms. The molecule has 4 nitrogen and oxygen atoms in total.